The molecule has 1 fully saturated rings. The Morgan fingerprint density at radius 2 is 1.80 bits per heavy atom. The summed E-state index contributed by atoms with van der Waals surface area (Å²) in [6.07, 6.45) is -0.358. The predicted octanol–water partition coefficient (Wildman–Crippen LogP) is 2.47. The molecule has 0 aliphatic carbocycles. The van der Waals surface area contributed by atoms with Crippen molar-refractivity contribution in [3.8, 4) is 0 Å². The number of halogens is 2. The van der Waals surface area contributed by atoms with E-state index < -0.39 is 41.0 Å². The average molecular weight is 416 g/mol. The second-order valence-corrected chi connectivity index (χ2v) is 6.75. The summed E-state index contributed by atoms with van der Waals surface area (Å²) < 4.78 is 27.7. The van der Waals surface area contributed by atoms with E-state index >= 15 is 0 Å². The van der Waals surface area contributed by atoms with Gasteiger partial charge >= 0.3 is 12.1 Å². The van der Waals surface area contributed by atoms with Gasteiger partial charge in [-0.25, -0.2) is 18.4 Å². The van der Waals surface area contributed by atoms with Crippen LogP contribution in [0.2, 0.25) is 0 Å². The number of para-hydroxylation sites is 1. The Balaban J connectivity index is 1.61. The van der Waals surface area contributed by atoms with Crippen LogP contribution in [0.25, 0.3) is 0 Å². The summed E-state index contributed by atoms with van der Waals surface area (Å²) in [6, 6.07) is 9.38. The molecule has 8 nitrogen and oxygen atoms in total. The van der Waals surface area contributed by atoms with E-state index in [1.54, 1.807) is 30.3 Å². The van der Waals surface area contributed by atoms with Crippen LogP contribution in [0.3, 0.4) is 0 Å². The summed E-state index contributed by atoms with van der Waals surface area (Å²) in [5, 5.41) is 6.87. The Morgan fingerprint density at radius 3 is 2.50 bits per heavy atom. The lowest BCUT2D eigenvalue weighted by molar-refractivity contribution is -0.131. The minimum Gasteiger partial charge on any atom is -0.319 e. The molecule has 2 aromatic rings. The zero-order valence-electron chi connectivity index (χ0n) is 15.9. The largest absolute Gasteiger partial charge is 0.325 e. The molecule has 0 radical (unpaired) electrons. The van der Waals surface area contributed by atoms with Crippen LogP contribution in [0.15, 0.2) is 48.5 Å². The maximum absolute atomic E-state index is 14.1. The number of amides is 6. The van der Waals surface area contributed by atoms with Crippen LogP contribution in [0, 0.1) is 11.6 Å². The van der Waals surface area contributed by atoms with Gasteiger partial charge in [0.2, 0.25) is 5.91 Å². The molecule has 0 aromatic heterocycles. The van der Waals surface area contributed by atoms with E-state index in [4.69, 9.17) is 0 Å². The quantitative estimate of drug-likeness (QED) is 0.651. The summed E-state index contributed by atoms with van der Waals surface area (Å²) in [4.78, 5) is 49.5. The number of anilines is 1. The van der Waals surface area contributed by atoms with Gasteiger partial charge in [0.15, 0.2) is 0 Å². The van der Waals surface area contributed by atoms with Gasteiger partial charge < -0.3 is 10.6 Å². The van der Waals surface area contributed by atoms with E-state index in [0.29, 0.717) is 5.69 Å². The van der Waals surface area contributed by atoms with E-state index in [1.165, 1.54) is 6.92 Å². The first kappa shape index (κ1) is 20.9. The molecule has 1 aliphatic rings. The molecule has 3 rings (SSSR count). The minimum absolute atomic E-state index is 0.324. The number of urea groups is 2. The highest BCUT2D eigenvalue weighted by Crippen LogP contribution is 2.31. The highest BCUT2D eigenvalue weighted by Gasteiger charge is 2.50. The molecule has 0 unspecified atom stereocenters. The van der Waals surface area contributed by atoms with Crippen LogP contribution in [-0.2, 0) is 15.1 Å². The Morgan fingerprint density at radius 1 is 1.10 bits per heavy atom. The lowest BCUT2D eigenvalue weighted by Gasteiger charge is -2.22. The monoisotopic (exact) mass is 416 g/mol. The first-order chi connectivity index (χ1) is 14.2. The minimum atomic E-state index is -1.82. The molecule has 0 saturated carbocycles. The number of benzene rings is 2. The molecule has 10 heteroatoms. The predicted molar refractivity (Wildman–Crippen MR) is 102 cm³/mol. The molecule has 1 saturated heterocycles. The van der Waals surface area contributed by atoms with Crippen molar-refractivity contribution < 1.29 is 28.0 Å². The van der Waals surface area contributed by atoms with Crippen molar-refractivity contribution in [3.63, 3.8) is 0 Å². The fraction of sp³-hybridized carbons (Fsp3) is 0.200. The maximum Gasteiger partial charge on any atom is 0.325 e. The Bertz CT molecular complexity index is 1020. The zero-order valence-corrected chi connectivity index (χ0v) is 15.9. The number of hydrogen-bond donors (Lipinski definition) is 3. The second kappa shape index (κ2) is 8.27. The van der Waals surface area contributed by atoms with Crippen LogP contribution < -0.4 is 16.0 Å². The van der Waals surface area contributed by atoms with Gasteiger partial charge in [-0.1, -0.05) is 18.2 Å². The molecule has 30 heavy (non-hydrogen) atoms. The number of imide groups is 2. The summed E-state index contributed by atoms with van der Waals surface area (Å²) >= 11 is 0. The molecular weight excluding hydrogens is 398 g/mol. The summed E-state index contributed by atoms with van der Waals surface area (Å²) in [5.74, 6) is -3.19. The number of carbonyl (C=O) groups is 4. The highest BCUT2D eigenvalue weighted by atomic mass is 19.1. The normalized spacial score (nSPS) is 18.2. The van der Waals surface area contributed by atoms with Gasteiger partial charge in [0.25, 0.3) is 5.91 Å². The van der Waals surface area contributed by atoms with E-state index in [9.17, 15) is 28.0 Å². The van der Waals surface area contributed by atoms with Crippen molar-refractivity contribution in [2.24, 2.45) is 0 Å². The van der Waals surface area contributed by atoms with Crippen LogP contribution >= 0.6 is 0 Å². The fourth-order valence-electron chi connectivity index (χ4n) is 3.05. The van der Waals surface area contributed by atoms with Gasteiger partial charge in [0.05, 0.1) is 0 Å². The molecule has 2 aromatic carbocycles. The van der Waals surface area contributed by atoms with Crippen molar-refractivity contribution in [2.45, 2.75) is 18.9 Å². The number of rotatable bonds is 5. The average Bonchev–Trinajstić information content (AvgIpc) is 2.92. The van der Waals surface area contributed by atoms with Crippen LogP contribution in [0.1, 0.15) is 18.9 Å². The van der Waals surface area contributed by atoms with Gasteiger partial charge in [-0.05, 0) is 37.3 Å². The topological polar surface area (TPSA) is 108 Å². The maximum atomic E-state index is 14.1. The lowest BCUT2D eigenvalue weighted by atomic mass is 9.91. The first-order valence-electron chi connectivity index (χ1n) is 8.96. The van der Waals surface area contributed by atoms with Gasteiger partial charge in [-0.2, -0.15) is 0 Å². The zero-order chi connectivity index (χ0) is 21.9. The van der Waals surface area contributed by atoms with Crippen molar-refractivity contribution in [3.05, 3.63) is 65.7 Å². The molecular formula is C20H18F2N4O4. The standard InChI is InChI=1S/C20H18F2N4O4/c1-20(14-11-12(21)7-8-15(14)22)17(28)26(19(30)25-20)10-9-16(27)24-18(29)23-13-5-3-2-4-6-13/h2-8,11H,9-10H2,1H3,(H,25,30)(H2,23,24,27,29)/t20-/m1/s1. The fourth-order valence-corrected chi connectivity index (χ4v) is 3.05. The van der Waals surface area contributed by atoms with Gasteiger partial charge in [-0.3, -0.25) is 19.8 Å². The highest BCUT2D eigenvalue weighted by molar-refractivity contribution is 6.07. The first-order valence-corrected chi connectivity index (χ1v) is 8.96. The molecule has 0 bridgehead atoms. The van der Waals surface area contributed by atoms with Gasteiger partial charge in [0.1, 0.15) is 17.2 Å². The Kier molecular flexibility index (Phi) is 5.77. The summed E-state index contributed by atoms with van der Waals surface area (Å²) in [6.45, 7) is 0.903. The number of carbonyl (C=O) groups excluding carboxylic acids is 4. The third kappa shape index (κ3) is 4.27. The summed E-state index contributed by atoms with van der Waals surface area (Å²) in [7, 11) is 0. The van der Waals surface area contributed by atoms with Crippen molar-refractivity contribution >= 4 is 29.6 Å². The molecule has 1 aliphatic heterocycles. The van der Waals surface area contributed by atoms with Crippen LogP contribution in [0.5, 0.6) is 0 Å². The van der Waals surface area contributed by atoms with Gasteiger partial charge in [-0.15, -0.1) is 0 Å². The van der Waals surface area contributed by atoms with Crippen molar-refractivity contribution in [2.75, 3.05) is 11.9 Å². The van der Waals surface area contributed by atoms with Crippen LogP contribution in [0.4, 0.5) is 24.1 Å². The molecule has 1 heterocycles. The summed E-state index contributed by atoms with van der Waals surface area (Å²) in [5.41, 5.74) is -1.66. The lowest BCUT2D eigenvalue weighted by Crippen LogP contribution is -2.42. The van der Waals surface area contributed by atoms with E-state index in [1.807, 2.05) is 0 Å². The molecule has 1 atom stereocenters. The Labute approximate surface area is 170 Å². The van der Waals surface area contributed by atoms with E-state index in [2.05, 4.69) is 16.0 Å². The van der Waals surface area contributed by atoms with Crippen LogP contribution in [-0.4, -0.2) is 35.3 Å². The molecule has 156 valence electrons. The molecule has 0 spiro atoms. The smallest absolute Gasteiger partial charge is 0.319 e. The second-order valence-electron chi connectivity index (χ2n) is 6.75. The number of hydrogen-bond acceptors (Lipinski definition) is 4. The molecule has 3 N–H and O–H groups in total. The SMILES string of the molecule is C[C@]1(c2cc(F)ccc2F)NC(=O)N(CCC(=O)NC(=O)Nc2ccccc2)C1=O. The molecule has 6 amide bonds. The Hall–Kier alpha value is -3.82. The van der Waals surface area contributed by atoms with E-state index in [0.717, 1.165) is 23.1 Å². The number of nitrogens with zero attached hydrogens (tertiary/aromatic N) is 1. The van der Waals surface area contributed by atoms with Crippen molar-refractivity contribution in [1.82, 2.24) is 15.5 Å². The third-order valence-electron chi connectivity index (χ3n) is 4.59. The van der Waals surface area contributed by atoms with Gasteiger partial charge in [0, 0.05) is 24.2 Å². The van der Waals surface area contributed by atoms with E-state index in [-0.39, 0.29) is 18.5 Å². The number of nitrogens with one attached hydrogen (secondary N) is 3. The van der Waals surface area contributed by atoms with Crippen molar-refractivity contribution in [1.29, 1.82) is 0 Å². The third-order valence-corrected chi connectivity index (χ3v) is 4.59.